The molecule has 0 spiro atoms. The number of aryl methyl sites for hydroxylation is 1. The number of benzene rings is 1. The van der Waals surface area contributed by atoms with Crippen LogP contribution in [0.2, 0.25) is 0 Å². The lowest BCUT2D eigenvalue weighted by Crippen LogP contribution is -2.06. The average molecular weight is 271 g/mol. The van der Waals surface area contributed by atoms with Crippen molar-refractivity contribution in [2.45, 2.75) is 26.7 Å². The van der Waals surface area contributed by atoms with Crippen LogP contribution in [0.5, 0.6) is 5.75 Å². The number of para-hydroxylation sites is 1. The smallest absolute Gasteiger partial charge is 0.122 e. The second-order valence-corrected chi connectivity index (χ2v) is 4.90. The molecule has 84 valence electrons. The summed E-state index contributed by atoms with van der Waals surface area (Å²) >= 11 is 3.45. The average Bonchev–Trinajstić information content (AvgIpc) is 2.24. The number of hydrogen-bond donors (Lipinski definition) is 0. The first-order chi connectivity index (χ1) is 7.24. The number of ether oxygens (including phenoxy) is 1. The summed E-state index contributed by atoms with van der Waals surface area (Å²) in [5.74, 6) is 1.63. The van der Waals surface area contributed by atoms with E-state index in [-0.39, 0.29) is 0 Å². The second-order valence-electron chi connectivity index (χ2n) is 4.11. The van der Waals surface area contributed by atoms with Crippen LogP contribution in [0.15, 0.2) is 24.3 Å². The third-order valence-corrected chi connectivity index (χ3v) is 2.69. The minimum absolute atomic E-state index is 0.578. The topological polar surface area (TPSA) is 9.23 Å². The monoisotopic (exact) mass is 270 g/mol. The van der Waals surface area contributed by atoms with E-state index in [4.69, 9.17) is 4.74 Å². The Hall–Kier alpha value is -0.500. The Labute approximate surface area is 101 Å². The number of alkyl halides is 1. The van der Waals surface area contributed by atoms with Crippen LogP contribution in [0, 0.1) is 5.92 Å². The minimum atomic E-state index is 0.578. The fourth-order valence-corrected chi connectivity index (χ4v) is 1.65. The summed E-state index contributed by atoms with van der Waals surface area (Å²) in [6, 6.07) is 8.32. The van der Waals surface area contributed by atoms with Gasteiger partial charge in [-0.1, -0.05) is 48.0 Å². The SMILES string of the molecule is CC(C)COc1ccccc1CCCBr. The van der Waals surface area contributed by atoms with Crippen molar-refractivity contribution in [3.05, 3.63) is 29.8 Å². The van der Waals surface area contributed by atoms with Gasteiger partial charge in [-0.15, -0.1) is 0 Å². The lowest BCUT2D eigenvalue weighted by atomic mass is 10.1. The van der Waals surface area contributed by atoms with Gasteiger partial charge in [0.2, 0.25) is 0 Å². The first kappa shape index (κ1) is 12.6. The predicted octanol–water partition coefficient (Wildman–Crippen LogP) is 4.05. The molecule has 0 unspecified atom stereocenters. The summed E-state index contributed by atoms with van der Waals surface area (Å²) in [6.45, 7) is 5.13. The molecular weight excluding hydrogens is 252 g/mol. The van der Waals surface area contributed by atoms with Crippen molar-refractivity contribution < 1.29 is 4.74 Å². The Bertz CT molecular complexity index is 284. The van der Waals surface area contributed by atoms with Crippen LogP contribution in [0.1, 0.15) is 25.8 Å². The van der Waals surface area contributed by atoms with E-state index in [1.807, 2.05) is 6.07 Å². The van der Waals surface area contributed by atoms with Gasteiger partial charge in [0.15, 0.2) is 0 Å². The third-order valence-electron chi connectivity index (χ3n) is 2.12. The summed E-state index contributed by atoms with van der Waals surface area (Å²) in [5.41, 5.74) is 1.32. The van der Waals surface area contributed by atoms with E-state index in [1.54, 1.807) is 0 Å². The van der Waals surface area contributed by atoms with Crippen molar-refractivity contribution >= 4 is 15.9 Å². The van der Waals surface area contributed by atoms with Crippen molar-refractivity contribution in [2.24, 2.45) is 5.92 Å². The summed E-state index contributed by atoms with van der Waals surface area (Å²) in [4.78, 5) is 0. The molecule has 0 heterocycles. The van der Waals surface area contributed by atoms with Crippen molar-refractivity contribution in [2.75, 3.05) is 11.9 Å². The van der Waals surface area contributed by atoms with E-state index >= 15 is 0 Å². The quantitative estimate of drug-likeness (QED) is 0.709. The van der Waals surface area contributed by atoms with Gasteiger partial charge in [-0.2, -0.15) is 0 Å². The number of hydrogen-bond acceptors (Lipinski definition) is 1. The summed E-state index contributed by atoms with van der Waals surface area (Å²) < 4.78 is 5.78. The van der Waals surface area contributed by atoms with Gasteiger partial charge >= 0.3 is 0 Å². The molecule has 0 bridgehead atoms. The Morgan fingerprint density at radius 3 is 2.67 bits per heavy atom. The number of rotatable bonds is 6. The van der Waals surface area contributed by atoms with Crippen molar-refractivity contribution in [3.8, 4) is 5.75 Å². The molecule has 0 amide bonds. The summed E-state index contributed by atoms with van der Waals surface area (Å²) in [7, 11) is 0. The molecular formula is C13H19BrO. The van der Waals surface area contributed by atoms with Crippen LogP contribution in [0.25, 0.3) is 0 Å². The molecule has 0 aromatic heterocycles. The molecule has 1 aromatic carbocycles. The maximum atomic E-state index is 5.78. The standard InChI is InChI=1S/C13H19BrO/c1-11(2)10-15-13-8-4-3-6-12(13)7-5-9-14/h3-4,6,8,11H,5,7,9-10H2,1-2H3. The van der Waals surface area contributed by atoms with Gasteiger partial charge in [0, 0.05) is 5.33 Å². The first-order valence-electron chi connectivity index (χ1n) is 5.50. The second kappa shape index (κ2) is 6.89. The van der Waals surface area contributed by atoms with E-state index in [9.17, 15) is 0 Å². The number of halogens is 1. The molecule has 0 aliphatic heterocycles. The highest BCUT2D eigenvalue weighted by Gasteiger charge is 2.03. The molecule has 0 aliphatic rings. The highest BCUT2D eigenvalue weighted by Crippen LogP contribution is 2.20. The molecule has 1 rings (SSSR count). The molecule has 0 radical (unpaired) electrons. The van der Waals surface area contributed by atoms with Crippen molar-refractivity contribution in [1.82, 2.24) is 0 Å². The van der Waals surface area contributed by atoms with Crippen molar-refractivity contribution in [1.29, 1.82) is 0 Å². The highest BCUT2D eigenvalue weighted by molar-refractivity contribution is 9.09. The Balaban J connectivity index is 2.59. The van der Waals surface area contributed by atoms with Crippen LogP contribution < -0.4 is 4.74 Å². The summed E-state index contributed by atoms with van der Waals surface area (Å²) in [6.07, 6.45) is 2.24. The molecule has 2 heteroatoms. The molecule has 0 N–H and O–H groups in total. The molecule has 0 saturated carbocycles. The lowest BCUT2D eigenvalue weighted by molar-refractivity contribution is 0.268. The first-order valence-corrected chi connectivity index (χ1v) is 6.63. The predicted molar refractivity (Wildman–Crippen MR) is 68.9 cm³/mol. The van der Waals surface area contributed by atoms with Crippen LogP contribution in [0.3, 0.4) is 0 Å². The Morgan fingerprint density at radius 1 is 1.27 bits per heavy atom. The molecule has 0 aliphatic carbocycles. The zero-order chi connectivity index (χ0) is 11.1. The highest BCUT2D eigenvalue weighted by atomic mass is 79.9. The van der Waals surface area contributed by atoms with Gasteiger partial charge in [0.05, 0.1) is 6.61 Å². The van der Waals surface area contributed by atoms with E-state index in [0.29, 0.717) is 5.92 Å². The maximum absolute atomic E-state index is 5.78. The third kappa shape index (κ3) is 4.70. The van der Waals surface area contributed by atoms with E-state index < -0.39 is 0 Å². The molecule has 0 atom stereocenters. The lowest BCUT2D eigenvalue weighted by Gasteiger charge is -2.12. The molecule has 1 nitrogen and oxygen atoms in total. The van der Waals surface area contributed by atoms with Gasteiger partial charge < -0.3 is 4.74 Å². The van der Waals surface area contributed by atoms with Crippen LogP contribution in [-0.2, 0) is 6.42 Å². The largest absolute Gasteiger partial charge is 0.493 e. The normalized spacial score (nSPS) is 10.7. The van der Waals surface area contributed by atoms with Crippen molar-refractivity contribution in [3.63, 3.8) is 0 Å². The fourth-order valence-electron chi connectivity index (χ4n) is 1.36. The van der Waals surface area contributed by atoms with E-state index in [1.165, 1.54) is 5.56 Å². The molecule has 15 heavy (non-hydrogen) atoms. The van der Waals surface area contributed by atoms with E-state index in [2.05, 4.69) is 48.0 Å². The van der Waals surface area contributed by atoms with Crippen LogP contribution >= 0.6 is 15.9 Å². The van der Waals surface area contributed by atoms with Gasteiger partial charge in [-0.25, -0.2) is 0 Å². The van der Waals surface area contributed by atoms with Crippen LogP contribution in [0.4, 0.5) is 0 Å². The molecule has 1 aromatic rings. The fraction of sp³-hybridized carbons (Fsp3) is 0.538. The van der Waals surface area contributed by atoms with E-state index in [0.717, 1.165) is 30.5 Å². The minimum Gasteiger partial charge on any atom is -0.493 e. The van der Waals surface area contributed by atoms with Gasteiger partial charge in [0.1, 0.15) is 5.75 Å². The van der Waals surface area contributed by atoms with Gasteiger partial charge in [-0.05, 0) is 30.4 Å². The Morgan fingerprint density at radius 2 is 2.00 bits per heavy atom. The maximum Gasteiger partial charge on any atom is 0.122 e. The zero-order valence-electron chi connectivity index (χ0n) is 9.50. The molecule has 0 saturated heterocycles. The molecule has 0 fully saturated rings. The van der Waals surface area contributed by atoms with Gasteiger partial charge in [0.25, 0.3) is 0 Å². The van der Waals surface area contributed by atoms with Crippen LogP contribution in [-0.4, -0.2) is 11.9 Å². The zero-order valence-corrected chi connectivity index (χ0v) is 11.1. The summed E-state index contributed by atoms with van der Waals surface area (Å²) in [5, 5.41) is 1.05. The van der Waals surface area contributed by atoms with Gasteiger partial charge in [-0.3, -0.25) is 0 Å². The Kier molecular flexibility index (Phi) is 5.77.